The van der Waals surface area contributed by atoms with Crippen LogP contribution in [0.2, 0.25) is 0 Å². The molecule has 25 heavy (non-hydrogen) atoms. The Hall–Kier alpha value is 0.766. The monoisotopic (exact) mass is 392 g/mol. The summed E-state index contributed by atoms with van der Waals surface area (Å²) in [5, 5.41) is 0. The van der Waals surface area contributed by atoms with Crippen LogP contribution in [0.3, 0.4) is 0 Å². The van der Waals surface area contributed by atoms with E-state index in [9.17, 15) is 13.0 Å². The van der Waals surface area contributed by atoms with Crippen LogP contribution < -0.4 is 51.4 Å². The Morgan fingerprint density at radius 3 is 1.72 bits per heavy atom. The molecule has 1 aromatic rings. The second kappa shape index (κ2) is 14.8. The molecule has 138 valence electrons. The molecule has 5 heteroatoms. The van der Waals surface area contributed by atoms with E-state index in [-0.39, 0.29) is 56.3 Å². The van der Waals surface area contributed by atoms with E-state index in [1.165, 1.54) is 56.6 Å². The van der Waals surface area contributed by atoms with E-state index >= 15 is 0 Å². The largest absolute Gasteiger partial charge is 1.00 e. The van der Waals surface area contributed by atoms with Crippen LogP contribution >= 0.6 is 0 Å². The molecule has 0 saturated heterocycles. The Morgan fingerprint density at radius 1 is 0.760 bits per heavy atom. The van der Waals surface area contributed by atoms with Gasteiger partial charge in [-0.2, -0.15) is 0 Å². The molecule has 0 aliphatic carbocycles. The molecule has 0 aliphatic rings. The van der Waals surface area contributed by atoms with Gasteiger partial charge in [0, 0.05) is 0 Å². The van der Waals surface area contributed by atoms with Crippen LogP contribution in [0, 0.1) is 0 Å². The van der Waals surface area contributed by atoms with Crippen molar-refractivity contribution < 1.29 is 64.4 Å². The number of benzene rings is 1. The molecule has 0 bridgehead atoms. The molecule has 0 heterocycles. The van der Waals surface area contributed by atoms with Gasteiger partial charge in [0.15, 0.2) is 0 Å². The maximum absolute atomic E-state index is 11.3. The minimum absolute atomic E-state index is 0. The molecule has 0 radical (unpaired) electrons. The summed E-state index contributed by atoms with van der Waals surface area (Å²) < 4.78 is 33.9. The third-order valence-corrected chi connectivity index (χ3v) is 5.40. The van der Waals surface area contributed by atoms with Crippen LogP contribution in [0.1, 0.15) is 89.2 Å². The average molecular weight is 393 g/mol. The third kappa shape index (κ3) is 11.3. The first-order valence-electron chi connectivity index (χ1n) is 9.56. The predicted octanol–water partition coefficient (Wildman–Crippen LogP) is 2.62. The molecule has 3 nitrogen and oxygen atoms in total. The fourth-order valence-corrected chi connectivity index (χ4v) is 3.59. The van der Waals surface area contributed by atoms with Crippen molar-refractivity contribution in [2.75, 3.05) is 0 Å². The Balaban J connectivity index is 0.00000576. The summed E-state index contributed by atoms with van der Waals surface area (Å²) in [6, 6.07) is 4.94. The smallest absolute Gasteiger partial charge is 0.744 e. The van der Waals surface area contributed by atoms with Gasteiger partial charge in [0.1, 0.15) is 10.1 Å². The van der Waals surface area contributed by atoms with E-state index in [0.29, 0.717) is 0 Å². The number of hydrogen-bond donors (Lipinski definition) is 0. The molecule has 1 rings (SSSR count). The Labute approximate surface area is 197 Å². The van der Waals surface area contributed by atoms with Gasteiger partial charge in [-0.05, 0) is 48.9 Å². The molecular weight excluding hydrogens is 359 g/mol. The second-order valence-electron chi connectivity index (χ2n) is 6.71. The standard InChI is InChI=1S/C20H34O3S.K/c1-3-5-7-9-11-13-18-15-16-20(24(21,22)23)17-19(18)14-12-10-8-6-4-2;/h15-17H,3-14H2,1-2H3,(H,21,22,23);/q;+1/p-1. The number of rotatable bonds is 13. The molecule has 0 aromatic heterocycles. The first kappa shape index (κ1) is 25.8. The van der Waals surface area contributed by atoms with Gasteiger partial charge in [0.2, 0.25) is 0 Å². The van der Waals surface area contributed by atoms with Gasteiger partial charge in [-0.1, -0.05) is 71.3 Å². The van der Waals surface area contributed by atoms with Crippen molar-refractivity contribution in [3.8, 4) is 0 Å². The predicted molar refractivity (Wildman–Crippen MR) is 99.3 cm³/mol. The maximum Gasteiger partial charge on any atom is 1.00 e. The van der Waals surface area contributed by atoms with Crippen LogP contribution in [0.4, 0.5) is 0 Å². The van der Waals surface area contributed by atoms with E-state index in [1.807, 2.05) is 6.07 Å². The molecule has 0 aliphatic heterocycles. The number of unbranched alkanes of at least 4 members (excludes halogenated alkanes) is 8. The van der Waals surface area contributed by atoms with Crippen molar-refractivity contribution in [2.24, 2.45) is 0 Å². The Morgan fingerprint density at radius 2 is 1.24 bits per heavy atom. The van der Waals surface area contributed by atoms with E-state index in [4.69, 9.17) is 0 Å². The summed E-state index contributed by atoms with van der Waals surface area (Å²) in [5.41, 5.74) is 2.27. The third-order valence-electron chi connectivity index (χ3n) is 4.57. The summed E-state index contributed by atoms with van der Waals surface area (Å²) in [7, 11) is -4.36. The van der Waals surface area contributed by atoms with Crippen molar-refractivity contribution >= 4 is 10.1 Å². The molecule has 0 spiro atoms. The summed E-state index contributed by atoms with van der Waals surface area (Å²) in [6.07, 6.45) is 13.9. The van der Waals surface area contributed by atoms with Crippen molar-refractivity contribution in [1.82, 2.24) is 0 Å². The van der Waals surface area contributed by atoms with Crippen molar-refractivity contribution in [3.63, 3.8) is 0 Å². The average Bonchev–Trinajstić information content (AvgIpc) is 2.54. The summed E-state index contributed by atoms with van der Waals surface area (Å²) >= 11 is 0. The summed E-state index contributed by atoms with van der Waals surface area (Å²) in [4.78, 5) is -0.0826. The minimum atomic E-state index is -4.36. The molecule has 0 unspecified atom stereocenters. The van der Waals surface area contributed by atoms with Crippen LogP contribution in [-0.4, -0.2) is 13.0 Å². The van der Waals surface area contributed by atoms with Crippen LogP contribution in [-0.2, 0) is 23.0 Å². The Kier molecular flexibility index (Phi) is 15.2. The minimum Gasteiger partial charge on any atom is -0.744 e. The second-order valence-corrected chi connectivity index (χ2v) is 8.09. The topological polar surface area (TPSA) is 57.2 Å². The molecule has 0 saturated carbocycles. The van der Waals surface area contributed by atoms with Gasteiger partial charge < -0.3 is 4.55 Å². The molecule has 1 aromatic carbocycles. The van der Waals surface area contributed by atoms with Gasteiger partial charge in [-0.25, -0.2) is 8.42 Å². The first-order chi connectivity index (χ1) is 11.5. The molecule has 0 amide bonds. The van der Waals surface area contributed by atoms with Crippen LogP contribution in [0.5, 0.6) is 0 Å². The summed E-state index contributed by atoms with van der Waals surface area (Å²) in [5.74, 6) is 0. The zero-order valence-corrected chi connectivity index (χ0v) is 20.3. The van der Waals surface area contributed by atoms with E-state index < -0.39 is 10.1 Å². The van der Waals surface area contributed by atoms with Gasteiger partial charge in [0.25, 0.3) is 0 Å². The zero-order chi connectivity index (χ0) is 17.8. The van der Waals surface area contributed by atoms with Crippen LogP contribution in [0.25, 0.3) is 0 Å². The normalized spacial score (nSPS) is 11.3. The zero-order valence-electron chi connectivity index (χ0n) is 16.4. The van der Waals surface area contributed by atoms with Gasteiger partial charge in [-0.3, -0.25) is 0 Å². The summed E-state index contributed by atoms with van der Waals surface area (Å²) in [6.45, 7) is 4.40. The first-order valence-corrected chi connectivity index (χ1v) is 11.0. The maximum atomic E-state index is 11.3. The molecule has 0 atom stereocenters. The van der Waals surface area contributed by atoms with Crippen molar-refractivity contribution in [1.29, 1.82) is 0 Å². The molecule has 0 N–H and O–H groups in total. The van der Waals surface area contributed by atoms with Gasteiger partial charge >= 0.3 is 51.4 Å². The fraction of sp³-hybridized carbons (Fsp3) is 0.700. The van der Waals surface area contributed by atoms with E-state index in [0.717, 1.165) is 37.7 Å². The van der Waals surface area contributed by atoms with E-state index in [2.05, 4.69) is 13.8 Å². The SMILES string of the molecule is CCCCCCCc1ccc(S(=O)(=O)[O-])cc1CCCCCCC.[K+]. The number of aryl methyl sites for hydroxylation is 2. The van der Waals surface area contributed by atoms with Gasteiger partial charge in [0.05, 0.1) is 4.90 Å². The van der Waals surface area contributed by atoms with Crippen LogP contribution in [0.15, 0.2) is 23.1 Å². The number of hydrogen-bond acceptors (Lipinski definition) is 3. The molecule has 0 fully saturated rings. The molecular formula is C20H33KO3S. The van der Waals surface area contributed by atoms with E-state index in [1.54, 1.807) is 6.07 Å². The fourth-order valence-electron chi connectivity index (χ4n) is 3.07. The Bertz CT molecular complexity index is 570. The van der Waals surface area contributed by atoms with Gasteiger partial charge in [-0.15, -0.1) is 0 Å². The van der Waals surface area contributed by atoms with Crippen molar-refractivity contribution in [3.05, 3.63) is 29.3 Å². The quantitative estimate of drug-likeness (QED) is 0.295. The van der Waals surface area contributed by atoms with Crippen molar-refractivity contribution in [2.45, 2.75) is 95.8 Å².